The van der Waals surface area contributed by atoms with E-state index in [1.54, 1.807) is 0 Å². The summed E-state index contributed by atoms with van der Waals surface area (Å²) in [5.41, 5.74) is 7.92. The summed E-state index contributed by atoms with van der Waals surface area (Å²) in [7, 11) is 0. The molecule has 2 aromatic carbocycles. The number of nitrogens with two attached hydrogens (primary N) is 1. The van der Waals surface area contributed by atoms with Crippen LogP contribution in [0.1, 0.15) is 17.2 Å². The van der Waals surface area contributed by atoms with Crippen molar-refractivity contribution in [3.8, 4) is 0 Å². The van der Waals surface area contributed by atoms with Gasteiger partial charge in [-0.25, -0.2) is 0 Å². The summed E-state index contributed by atoms with van der Waals surface area (Å²) < 4.78 is 0.928. The van der Waals surface area contributed by atoms with Crippen LogP contribution in [0, 0.1) is 0 Å². The minimum atomic E-state index is -0.315. The zero-order valence-electron chi connectivity index (χ0n) is 8.83. The van der Waals surface area contributed by atoms with Crippen LogP contribution in [0.3, 0.4) is 0 Å². The Morgan fingerprint density at radius 3 is 2.24 bits per heavy atom. The lowest BCUT2D eigenvalue weighted by Crippen LogP contribution is -2.12. The second-order valence-corrected chi connectivity index (χ2v) is 5.40. The first-order valence-corrected chi connectivity index (χ1v) is 6.59. The number of benzene rings is 2. The van der Waals surface area contributed by atoms with Crippen molar-refractivity contribution in [2.75, 3.05) is 0 Å². The van der Waals surface area contributed by atoms with E-state index < -0.39 is 0 Å². The molecule has 0 spiro atoms. The van der Waals surface area contributed by atoms with Gasteiger partial charge in [0.25, 0.3) is 0 Å². The van der Waals surface area contributed by atoms with Gasteiger partial charge < -0.3 is 5.73 Å². The summed E-state index contributed by atoms with van der Waals surface area (Å²) in [5.74, 6) is 0. The molecule has 0 aliphatic carbocycles. The summed E-state index contributed by atoms with van der Waals surface area (Å²) in [6.45, 7) is 0. The minimum Gasteiger partial charge on any atom is -0.320 e. The molecule has 0 heterocycles. The molecule has 1 atom stereocenters. The number of rotatable bonds is 2. The second kappa shape index (κ2) is 5.40. The zero-order chi connectivity index (χ0) is 12.4. The fourth-order valence-electron chi connectivity index (χ4n) is 1.65. The maximum Gasteiger partial charge on any atom is 0.0581 e. The van der Waals surface area contributed by atoms with Gasteiger partial charge >= 0.3 is 0 Å². The SMILES string of the molecule is NC(c1ccccc1Cl)c1ccc(Br)cc1Cl. The summed E-state index contributed by atoms with van der Waals surface area (Å²) in [6, 6.07) is 12.8. The Morgan fingerprint density at radius 2 is 1.59 bits per heavy atom. The number of halogens is 3. The lowest BCUT2D eigenvalue weighted by molar-refractivity contribution is 0.872. The lowest BCUT2D eigenvalue weighted by atomic mass is 10.00. The maximum absolute atomic E-state index is 6.18. The van der Waals surface area contributed by atoms with Gasteiger partial charge in [-0.15, -0.1) is 0 Å². The molecule has 0 amide bonds. The molecule has 0 aliphatic rings. The summed E-state index contributed by atoms with van der Waals surface area (Å²) in [6.07, 6.45) is 0. The van der Waals surface area contributed by atoms with E-state index in [-0.39, 0.29) is 6.04 Å². The lowest BCUT2D eigenvalue weighted by Gasteiger charge is -2.15. The third-order valence-electron chi connectivity index (χ3n) is 2.54. The molecule has 4 heteroatoms. The fraction of sp³-hybridized carbons (Fsp3) is 0.0769. The molecule has 1 nitrogen and oxygen atoms in total. The Bertz CT molecular complexity index is 543. The monoisotopic (exact) mass is 329 g/mol. The van der Waals surface area contributed by atoms with Crippen molar-refractivity contribution in [3.05, 3.63) is 68.1 Å². The molecule has 0 saturated carbocycles. The normalized spacial score (nSPS) is 12.5. The van der Waals surface area contributed by atoms with Gasteiger partial charge in [0, 0.05) is 14.5 Å². The van der Waals surface area contributed by atoms with Gasteiger partial charge in [-0.3, -0.25) is 0 Å². The van der Waals surface area contributed by atoms with Crippen LogP contribution in [0.2, 0.25) is 10.0 Å². The Kier molecular flexibility index (Phi) is 4.10. The predicted octanol–water partition coefficient (Wildman–Crippen LogP) is 4.80. The smallest absolute Gasteiger partial charge is 0.0581 e. The molecule has 2 rings (SSSR count). The van der Waals surface area contributed by atoms with Crippen LogP contribution in [0.15, 0.2) is 46.9 Å². The molecule has 0 saturated heterocycles. The van der Waals surface area contributed by atoms with E-state index in [1.807, 2.05) is 42.5 Å². The van der Waals surface area contributed by atoms with E-state index >= 15 is 0 Å². The van der Waals surface area contributed by atoms with Gasteiger partial charge in [-0.2, -0.15) is 0 Å². The van der Waals surface area contributed by atoms with Crippen molar-refractivity contribution in [1.29, 1.82) is 0 Å². The van der Waals surface area contributed by atoms with E-state index in [9.17, 15) is 0 Å². The molecule has 0 bridgehead atoms. The molecule has 17 heavy (non-hydrogen) atoms. The highest BCUT2D eigenvalue weighted by atomic mass is 79.9. The summed E-state index contributed by atoms with van der Waals surface area (Å²) >= 11 is 15.7. The molecule has 0 fully saturated rings. The highest BCUT2D eigenvalue weighted by molar-refractivity contribution is 9.10. The maximum atomic E-state index is 6.18. The van der Waals surface area contributed by atoms with Crippen molar-refractivity contribution in [2.24, 2.45) is 5.73 Å². The molecule has 1 unspecified atom stereocenters. The van der Waals surface area contributed by atoms with Crippen molar-refractivity contribution >= 4 is 39.1 Å². The molecular weight excluding hydrogens is 321 g/mol. The Hall–Kier alpha value is -0.540. The third-order valence-corrected chi connectivity index (χ3v) is 3.70. The van der Waals surface area contributed by atoms with E-state index in [2.05, 4.69) is 15.9 Å². The summed E-state index contributed by atoms with van der Waals surface area (Å²) in [5, 5.41) is 1.28. The fourth-order valence-corrected chi connectivity index (χ4v) is 2.69. The standard InChI is InChI=1S/C13H10BrCl2N/c14-8-5-6-10(12(16)7-8)13(17)9-3-1-2-4-11(9)15/h1-7,13H,17H2. The first-order valence-electron chi connectivity index (χ1n) is 5.04. The Balaban J connectivity index is 2.44. The highest BCUT2D eigenvalue weighted by Gasteiger charge is 2.14. The van der Waals surface area contributed by atoms with Crippen LogP contribution in [0.5, 0.6) is 0 Å². The highest BCUT2D eigenvalue weighted by Crippen LogP contribution is 2.31. The van der Waals surface area contributed by atoms with Crippen molar-refractivity contribution in [3.63, 3.8) is 0 Å². The predicted molar refractivity (Wildman–Crippen MR) is 76.6 cm³/mol. The zero-order valence-corrected chi connectivity index (χ0v) is 11.9. The van der Waals surface area contributed by atoms with Gasteiger partial charge in [0.15, 0.2) is 0 Å². The largest absolute Gasteiger partial charge is 0.320 e. The second-order valence-electron chi connectivity index (χ2n) is 3.67. The van der Waals surface area contributed by atoms with E-state index in [4.69, 9.17) is 28.9 Å². The Morgan fingerprint density at radius 1 is 0.941 bits per heavy atom. The van der Waals surface area contributed by atoms with E-state index in [0.29, 0.717) is 10.0 Å². The van der Waals surface area contributed by atoms with Crippen LogP contribution in [-0.4, -0.2) is 0 Å². The van der Waals surface area contributed by atoms with Crippen LogP contribution in [0.4, 0.5) is 0 Å². The molecular formula is C13H10BrCl2N. The van der Waals surface area contributed by atoms with Gasteiger partial charge in [0.2, 0.25) is 0 Å². The number of hydrogen-bond donors (Lipinski definition) is 1. The topological polar surface area (TPSA) is 26.0 Å². The van der Waals surface area contributed by atoms with Gasteiger partial charge in [-0.05, 0) is 29.3 Å². The van der Waals surface area contributed by atoms with Gasteiger partial charge in [0.05, 0.1) is 6.04 Å². The first-order chi connectivity index (χ1) is 8.09. The minimum absolute atomic E-state index is 0.315. The van der Waals surface area contributed by atoms with Crippen LogP contribution in [-0.2, 0) is 0 Å². The Labute approximate surface area is 119 Å². The average Bonchev–Trinajstić information content (AvgIpc) is 2.29. The van der Waals surface area contributed by atoms with Crippen LogP contribution < -0.4 is 5.73 Å². The average molecular weight is 331 g/mol. The summed E-state index contributed by atoms with van der Waals surface area (Å²) in [4.78, 5) is 0. The molecule has 2 aromatic rings. The van der Waals surface area contributed by atoms with Crippen molar-refractivity contribution in [1.82, 2.24) is 0 Å². The molecule has 2 N–H and O–H groups in total. The van der Waals surface area contributed by atoms with Crippen LogP contribution in [0.25, 0.3) is 0 Å². The molecule has 88 valence electrons. The van der Waals surface area contributed by atoms with Gasteiger partial charge in [0.1, 0.15) is 0 Å². The molecule has 0 radical (unpaired) electrons. The molecule has 0 aromatic heterocycles. The molecule has 0 aliphatic heterocycles. The van der Waals surface area contributed by atoms with E-state index in [0.717, 1.165) is 15.6 Å². The van der Waals surface area contributed by atoms with Crippen LogP contribution >= 0.6 is 39.1 Å². The van der Waals surface area contributed by atoms with E-state index in [1.165, 1.54) is 0 Å². The van der Waals surface area contributed by atoms with Crippen molar-refractivity contribution in [2.45, 2.75) is 6.04 Å². The number of hydrogen-bond acceptors (Lipinski definition) is 1. The first kappa shape index (κ1) is 12.9. The van der Waals surface area contributed by atoms with Gasteiger partial charge in [-0.1, -0.05) is 63.4 Å². The van der Waals surface area contributed by atoms with Crippen molar-refractivity contribution < 1.29 is 0 Å². The third kappa shape index (κ3) is 2.83. The quantitative estimate of drug-likeness (QED) is 0.840.